The average molecular weight is 332 g/mol. The van der Waals surface area contributed by atoms with Crippen LogP contribution in [-0.2, 0) is 11.3 Å². The third-order valence-electron chi connectivity index (χ3n) is 2.28. The van der Waals surface area contributed by atoms with E-state index in [-0.39, 0.29) is 5.82 Å². The van der Waals surface area contributed by atoms with Crippen LogP contribution >= 0.6 is 15.9 Å². The Morgan fingerprint density at radius 1 is 1.37 bits per heavy atom. The van der Waals surface area contributed by atoms with Crippen LogP contribution in [0.15, 0.2) is 27.7 Å². The van der Waals surface area contributed by atoms with E-state index in [1.54, 1.807) is 7.11 Å². The summed E-state index contributed by atoms with van der Waals surface area (Å²) < 4.78 is 18.9. The van der Waals surface area contributed by atoms with Crippen LogP contribution in [0.1, 0.15) is 12.5 Å². The molecule has 1 aromatic carbocycles. The van der Waals surface area contributed by atoms with E-state index < -0.39 is 0 Å². The molecule has 19 heavy (non-hydrogen) atoms. The highest BCUT2D eigenvalue weighted by molar-refractivity contribution is 9.10. The topological polar surface area (TPSA) is 45.7 Å². The Morgan fingerprint density at radius 3 is 2.79 bits per heavy atom. The molecule has 0 aliphatic heterocycles. The number of hydrogen-bond acceptors (Lipinski definition) is 2. The zero-order valence-electron chi connectivity index (χ0n) is 11.2. The van der Waals surface area contributed by atoms with Gasteiger partial charge in [-0.05, 0) is 30.7 Å². The van der Waals surface area contributed by atoms with Gasteiger partial charge in [0.25, 0.3) is 0 Å². The first-order valence-electron chi connectivity index (χ1n) is 6.11. The fourth-order valence-corrected chi connectivity index (χ4v) is 2.00. The fourth-order valence-electron chi connectivity index (χ4n) is 1.49. The fraction of sp³-hybridized carbons (Fsp3) is 0.462. The lowest BCUT2D eigenvalue weighted by atomic mass is 10.2. The summed E-state index contributed by atoms with van der Waals surface area (Å²) in [7, 11) is 1.65. The highest BCUT2D eigenvalue weighted by Gasteiger charge is 2.00. The maximum atomic E-state index is 13.2. The van der Waals surface area contributed by atoms with E-state index in [1.165, 1.54) is 12.1 Å². The number of hydrogen-bond donors (Lipinski definition) is 2. The number of nitrogens with one attached hydrogen (secondary N) is 2. The summed E-state index contributed by atoms with van der Waals surface area (Å²) in [5.74, 6) is 0.428. The number of benzene rings is 1. The molecule has 0 atom stereocenters. The summed E-state index contributed by atoms with van der Waals surface area (Å²) in [6, 6.07) is 4.76. The predicted octanol–water partition coefficient (Wildman–Crippen LogP) is 2.29. The molecule has 1 aromatic rings. The predicted molar refractivity (Wildman–Crippen MR) is 78.8 cm³/mol. The van der Waals surface area contributed by atoms with Gasteiger partial charge in [-0.15, -0.1) is 0 Å². The van der Waals surface area contributed by atoms with E-state index in [1.807, 2.05) is 13.0 Å². The number of nitrogens with zero attached hydrogens (tertiary/aromatic N) is 1. The molecule has 2 N–H and O–H groups in total. The molecule has 6 heteroatoms. The summed E-state index contributed by atoms with van der Waals surface area (Å²) in [5.41, 5.74) is 0.816. The van der Waals surface area contributed by atoms with Crippen LogP contribution < -0.4 is 10.6 Å². The van der Waals surface area contributed by atoms with E-state index in [0.717, 1.165) is 16.6 Å². The molecule has 0 aromatic heterocycles. The molecule has 0 bridgehead atoms. The lowest BCUT2D eigenvalue weighted by Crippen LogP contribution is -2.38. The monoisotopic (exact) mass is 331 g/mol. The summed E-state index contributed by atoms with van der Waals surface area (Å²) in [5, 5.41) is 6.25. The van der Waals surface area contributed by atoms with Crippen molar-refractivity contribution in [1.29, 1.82) is 0 Å². The Kier molecular flexibility index (Phi) is 7.43. The van der Waals surface area contributed by atoms with E-state index in [2.05, 4.69) is 31.6 Å². The van der Waals surface area contributed by atoms with E-state index in [4.69, 9.17) is 4.74 Å². The molecule has 4 nitrogen and oxygen atoms in total. The van der Waals surface area contributed by atoms with Gasteiger partial charge in [-0.1, -0.05) is 15.9 Å². The maximum absolute atomic E-state index is 13.2. The highest BCUT2D eigenvalue weighted by atomic mass is 79.9. The van der Waals surface area contributed by atoms with Crippen molar-refractivity contribution in [2.45, 2.75) is 13.5 Å². The molecule has 0 heterocycles. The Hall–Kier alpha value is -1.14. The largest absolute Gasteiger partial charge is 0.383 e. The number of rotatable bonds is 6. The maximum Gasteiger partial charge on any atom is 0.191 e. The minimum Gasteiger partial charge on any atom is -0.383 e. The van der Waals surface area contributed by atoms with Crippen LogP contribution in [0.2, 0.25) is 0 Å². The second-order valence-corrected chi connectivity index (χ2v) is 4.81. The molecule has 0 radical (unpaired) electrons. The number of halogens is 2. The normalized spacial score (nSPS) is 11.5. The van der Waals surface area contributed by atoms with Crippen molar-refractivity contribution < 1.29 is 9.13 Å². The minimum absolute atomic E-state index is 0.267. The van der Waals surface area contributed by atoms with Gasteiger partial charge < -0.3 is 15.4 Å². The van der Waals surface area contributed by atoms with Crippen LogP contribution in [0, 0.1) is 5.82 Å². The van der Waals surface area contributed by atoms with Gasteiger partial charge in [-0.3, -0.25) is 0 Å². The summed E-state index contributed by atoms with van der Waals surface area (Å²) in [4.78, 5) is 4.39. The van der Waals surface area contributed by atoms with Crippen molar-refractivity contribution in [2.24, 2.45) is 4.99 Å². The molecule has 0 saturated heterocycles. The first-order chi connectivity index (χ1) is 9.15. The Balaban J connectivity index is 2.62. The van der Waals surface area contributed by atoms with Crippen LogP contribution in [0.25, 0.3) is 0 Å². The van der Waals surface area contributed by atoms with Crippen molar-refractivity contribution >= 4 is 21.9 Å². The Bertz CT molecular complexity index is 406. The van der Waals surface area contributed by atoms with Gasteiger partial charge in [0, 0.05) is 24.7 Å². The van der Waals surface area contributed by atoms with Crippen molar-refractivity contribution in [3.8, 4) is 0 Å². The quantitative estimate of drug-likeness (QED) is 0.477. The summed E-state index contributed by atoms with van der Waals surface area (Å²) >= 11 is 3.27. The first-order valence-corrected chi connectivity index (χ1v) is 6.91. The molecule has 0 amide bonds. The van der Waals surface area contributed by atoms with Crippen molar-refractivity contribution in [3.05, 3.63) is 34.1 Å². The Morgan fingerprint density at radius 2 is 2.16 bits per heavy atom. The third-order valence-corrected chi connectivity index (χ3v) is 2.74. The van der Waals surface area contributed by atoms with Gasteiger partial charge in [0.15, 0.2) is 5.96 Å². The van der Waals surface area contributed by atoms with Crippen molar-refractivity contribution in [3.63, 3.8) is 0 Å². The molecule has 1 rings (SSSR count). The first kappa shape index (κ1) is 15.9. The lowest BCUT2D eigenvalue weighted by Gasteiger charge is -2.10. The standard InChI is InChI=1S/C13H19BrFN3O/c1-3-16-13(17-4-5-19-2)18-9-10-6-11(14)8-12(15)7-10/h6-8H,3-5,9H2,1-2H3,(H2,16,17,18). The van der Waals surface area contributed by atoms with Crippen LogP contribution in [0.5, 0.6) is 0 Å². The second kappa shape index (κ2) is 8.87. The molecule has 0 saturated carbocycles. The van der Waals surface area contributed by atoms with Gasteiger partial charge in [0.1, 0.15) is 5.82 Å². The summed E-state index contributed by atoms with van der Waals surface area (Å²) in [6.07, 6.45) is 0. The van der Waals surface area contributed by atoms with Gasteiger partial charge >= 0.3 is 0 Å². The molecule has 0 aliphatic rings. The van der Waals surface area contributed by atoms with Gasteiger partial charge in [-0.25, -0.2) is 9.38 Å². The average Bonchev–Trinajstić information content (AvgIpc) is 2.35. The van der Waals surface area contributed by atoms with Gasteiger partial charge in [0.05, 0.1) is 13.2 Å². The zero-order valence-corrected chi connectivity index (χ0v) is 12.8. The molecule has 106 valence electrons. The van der Waals surface area contributed by atoms with E-state index in [0.29, 0.717) is 25.7 Å². The van der Waals surface area contributed by atoms with Gasteiger partial charge in [-0.2, -0.15) is 0 Å². The van der Waals surface area contributed by atoms with Crippen LogP contribution in [0.4, 0.5) is 4.39 Å². The molecule has 0 unspecified atom stereocenters. The SMILES string of the molecule is CCNC(=NCc1cc(F)cc(Br)c1)NCCOC. The Labute approximate surface area is 121 Å². The summed E-state index contributed by atoms with van der Waals surface area (Å²) in [6.45, 7) is 4.46. The number of methoxy groups -OCH3 is 1. The second-order valence-electron chi connectivity index (χ2n) is 3.89. The smallest absolute Gasteiger partial charge is 0.191 e. The van der Waals surface area contributed by atoms with Crippen molar-refractivity contribution in [1.82, 2.24) is 10.6 Å². The highest BCUT2D eigenvalue weighted by Crippen LogP contribution is 2.15. The lowest BCUT2D eigenvalue weighted by molar-refractivity contribution is 0.203. The van der Waals surface area contributed by atoms with Crippen LogP contribution in [0.3, 0.4) is 0 Å². The number of guanidine groups is 1. The molecular formula is C13H19BrFN3O. The number of aliphatic imine (C=N–C) groups is 1. The molecule has 0 aliphatic carbocycles. The third kappa shape index (κ3) is 6.54. The number of ether oxygens (including phenoxy) is 1. The molecule has 0 fully saturated rings. The van der Waals surface area contributed by atoms with Gasteiger partial charge in [0.2, 0.25) is 0 Å². The van der Waals surface area contributed by atoms with Crippen molar-refractivity contribution in [2.75, 3.05) is 26.8 Å². The van der Waals surface area contributed by atoms with E-state index >= 15 is 0 Å². The molecular weight excluding hydrogens is 313 g/mol. The van der Waals surface area contributed by atoms with E-state index in [9.17, 15) is 4.39 Å². The van der Waals surface area contributed by atoms with Crippen LogP contribution in [-0.4, -0.2) is 32.8 Å². The molecule has 0 spiro atoms. The zero-order chi connectivity index (χ0) is 14.1. The minimum atomic E-state index is -0.267.